The second-order valence-electron chi connectivity index (χ2n) is 4.42. The van der Waals surface area contributed by atoms with Crippen molar-refractivity contribution in [2.24, 2.45) is 0 Å². The molecule has 100 valence electrons. The topological polar surface area (TPSA) is 42.1 Å². The van der Waals surface area contributed by atoms with Gasteiger partial charge in [0.05, 0.1) is 7.11 Å². The number of halogens is 1. The Hall–Kier alpha value is -1.82. The van der Waals surface area contributed by atoms with E-state index in [2.05, 4.69) is 33.6 Å². The number of aromatic amines is 1. The Morgan fingerprint density at radius 3 is 2.55 bits per heavy atom. The van der Waals surface area contributed by atoms with E-state index in [1.54, 1.807) is 0 Å². The first-order valence-corrected chi connectivity index (χ1v) is 7.23. The van der Waals surface area contributed by atoms with Crippen molar-refractivity contribution in [2.75, 3.05) is 7.11 Å². The first kappa shape index (κ1) is 13.2. The van der Waals surface area contributed by atoms with E-state index in [0.29, 0.717) is 5.75 Å². The third-order valence-corrected chi connectivity index (χ3v) is 3.87. The number of aromatic nitrogens is 1. The van der Waals surface area contributed by atoms with E-state index in [-0.39, 0.29) is 5.56 Å². The molecule has 1 N–H and O–H groups in total. The van der Waals surface area contributed by atoms with Crippen molar-refractivity contribution in [1.82, 2.24) is 4.98 Å². The molecule has 3 rings (SSSR count). The number of benzene rings is 2. The lowest BCUT2D eigenvalue weighted by molar-refractivity contribution is 0.411. The molecule has 0 spiro atoms. The lowest BCUT2D eigenvalue weighted by Gasteiger charge is -2.12. The van der Waals surface area contributed by atoms with Gasteiger partial charge in [0.25, 0.3) is 5.56 Å². The molecule has 2 aromatic carbocycles. The highest BCUT2D eigenvalue weighted by molar-refractivity contribution is 14.1. The van der Waals surface area contributed by atoms with Crippen LogP contribution in [0.4, 0.5) is 0 Å². The number of ether oxygens (including phenoxy) is 1. The summed E-state index contributed by atoms with van der Waals surface area (Å²) in [6, 6.07) is 15.8. The van der Waals surface area contributed by atoms with Crippen LogP contribution in [0.5, 0.6) is 5.75 Å². The summed E-state index contributed by atoms with van der Waals surface area (Å²) < 4.78 is 6.44. The lowest BCUT2D eigenvalue weighted by atomic mass is 10.0. The zero-order valence-corrected chi connectivity index (χ0v) is 13.0. The molecule has 0 saturated carbocycles. The van der Waals surface area contributed by atoms with E-state index in [4.69, 9.17) is 4.74 Å². The van der Waals surface area contributed by atoms with Gasteiger partial charge >= 0.3 is 0 Å². The number of nitrogens with one attached hydrogen (secondary N) is 1. The van der Waals surface area contributed by atoms with Crippen LogP contribution in [0.1, 0.15) is 0 Å². The largest absolute Gasteiger partial charge is 0.491 e. The molecule has 0 amide bonds. The van der Waals surface area contributed by atoms with Gasteiger partial charge < -0.3 is 9.72 Å². The molecular weight excluding hydrogens is 365 g/mol. The minimum atomic E-state index is -0.208. The predicted molar refractivity (Wildman–Crippen MR) is 89.3 cm³/mol. The van der Waals surface area contributed by atoms with Gasteiger partial charge in [0.15, 0.2) is 5.75 Å². The van der Waals surface area contributed by atoms with Crippen LogP contribution in [0, 0.1) is 3.57 Å². The zero-order chi connectivity index (χ0) is 14.1. The van der Waals surface area contributed by atoms with Gasteiger partial charge in [0.2, 0.25) is 0 Å². The molecule has 0 saturated heterocycles. The van der Waals surface area contributed by atoms with Crippen LogP contribution >= 0.6 is 22.6 Å². The molecule has 3 aromatic rings. The first-order chi connectivity index (χ1) is 9.70. The van der Waals surface area contributed by atoms with Gasteiger partial charge in [-0.05, 0) is 46.4 Å². The van der Waals surface area contributed by atoms with Crippen molar-refractivity contribution >= 4 is 33.5 Å². The number of hydrogen-bond donors (Lipinski definition) is 1. The maximum Gasteiger partial charge on any atom is 0.291 e. The maximum atomic E-state index is 12.2. The molecule has 4 heteroatoms. The average molecular weight is 377 g/mol. The SMILES string of the molecule is COc1c(-c2ccccc2)c2cc(I)ccc2[nH]c1=O. The summed E-state index contributed by atoms with van der Waals surface area (Å²) in [5.41, 5.74) is 2.42. The minimum absolute atomic E-state index is 0.208. The minimum Gasteiger partial charge on any atom is -0.491 e. The van der Waals surface area contributed by atoms with E-state index in [0.717, 1.165) is 25.6 Å². The Bertz CT molecular complexity index is 825. The van der Waals surface area contributed by atoms with E-state index >= 15 is 0 Å². The van der Waals surface area contributed by atoms with Gasteiger partial charge in [-0.3, -0.25) is 4.79 Å². The number of hydrogen-bond acceptors (Lipinski definition) is 2. The van der Waals surface area contributed by atoms with E-state index in [9.17, 15) is 4.79 Å². The lowest BCUT2D eigenvalue weighted by Crippen LogP contribution is -2.11. The summed E-state index contributed by atoms with van der Waals surface area (Å²) in [6.45, 7) is 0. The quantitative estimate of drug-likeness (QED) is 0.691. The van der Waals surface area contributed by atoms with E-state index < -0.39 is 0 Å². The highest BCUT2D eigenvalue weighted by Crippen LogP contribution is 2.34. The molecule has 0 aliphatic carbocycles. The van der Waals surface area contributed by atoms with E-state index in [1.807, 2.05) is 42.5 Å². The molecule has 0 aliphatic rings. The molecule has 20 heavy (non-hydrogen) atoms. The first-order valence-electron chi connectivity index (χ1n) is 6.15. The van der Waals surface area contributed by atoms with Crippen molar-refractivity contribution < 1.29 is 4.74 Å². The standard InChI is InChI=1S/C16H12INO2/c1-20-15-14(10-5-3-2-4-6-10)12-9-11(17)7-8-13(12)18-16(15)19/h2-9H,1H3,(H,18,19). The van der Waals surface area contributed by atoms with Crippen molar-refractivity contribution in [1.29, 1.82) is 0 Å². The van der Waals surface area contributed by atoms with Gasteiger partial charge in [-0.25, -0.2) is 0 Å². The van der Waals surface area contributed by atoms with Gasteiger partial charge in [-0.1, -0.05) is 30.3 Å². The van der Waals surface area contributed by atoms with E-state index in [1.165, 1.54) is 7.11 Å². The summed E-state index contributed by atoms with van der Waals surface area (Å²) in [5, 5.41) is 0.986. The van der Waals surface area contributed by atoms with Crippen molar-refractivity contribution in [3.8, 4) is 16.9 Å². The molecule has 0 aliphatic heterocycles. The number of methoxy groups -OCH3 is 1. The highest BCUT2D eigenvalue weighted by Gasteiger charge is 2.15. The van der Waals surface area contributed by atoms with Gasteiger partial charge in [0, 0.05) is 20.0 Å². The summed E-state index contributed by atoms with van der Waals surface area (Å²) in [6.07, 6.45) is 0. The molecule has 0 bridgehead atoms. The fraction of sp³-hybridized carbons (Fsp3) is 0.0625. The Labute approximate surface area is 129 Å². The zero-order valence-electron chi connectivity index (χ0n) is 10.8. The molecule has 3 nitrogen and oxygen atoms in total. The Kier molecular flexibility index (Phi) is 3.48. The van der Waals surface area contributed by atoms with Gasteiger partial charge in [-0.2, -0.15) is 0 Å². The van der Waals surface area contributed by atoms with Crippen LogP contribution in [0.25, 0.3) is 22.0 Å². The highest BCUT2D eigenvalue weighted by atomic mass is 127. The Balaban J connectivity index is 2.48. The molecule has 0 unspecified atom stereocenters. The monoisotopic (exact) mass is 377 g/mol. The molecule has 1 heterocycles. The molecular formula is C16H12INO2. The van der Waals surface area contributed by atoms with Crippen molar-refractivity contribution in [3.63, 3.8) is 0 Å². The second-order valence-corrected chi connectivity index (χ2v) is 5.66. The van der Waals surface area contributed by atoms with Crippen LogP contribution in [0.2, 0.25) is 0 Å². The van der Waals surface area contributed by atoms with Gasteiger partial charge in [-0.15, -0.1) is 0 Å². The van der Waals surface area contributed by atoms with Crippen LogP contribution in [-0.2, 0) is 0 Å². The number of pyridine rings is 1. The van der Waals surface area contributed by atoms with Crippen LogP contribution in [-0.4, -0.2) is 12.1 Å². The fourth-order valence-corrected chi connectivity index (χ4v) is 2.82. The number of H-pyrrole nitrogens is 1. The average Bonchev–Trinajstić information content (AvgIpc) is 2.47. The third-order valence-electron chi connectivity index (χ3n) is 3.20. The number of rotatable bonds is 2. The molecule has 1 aromatic heterocycles. The maximum absolute atomic E-state index is 12.2. The third kappa shape index (κ3) is 2.20. The summed E-state index contributed by atoms with van der Waals surface area (Å²) in [4.78, 5) is 15.0. The van der Waals surface area contributed by atoms with Crippen LogP contribution < -0.4 is 10.3 Å². The smallest absolute Gasteiger partial charge is 0.291 e. The summed E-state index contributed by atoms with van der Waals surface area (Å²) >= 11 is 2.26. The number of fused-ring (bicyclic) bond motifs is 1. The Morgan fingerprint density at radius 2 is 1.85 bits per heavy atom. The summed E-state index contributed by atoms with van der Waals surface area (Å²) in [7, 11) is 1.52. The fourth-order valence-electron chi connectivity index (χ4n) is 2.33. The van der Waals surface area contributed by atoms with Crippen LogP contribution in [0.3, 0.4) is 0 Å². The summed E-state index contributed by atoms with van der Waals surface area (Å²) in [5.74, 6) is 0.353. The molecule has 0 atom stereocenters. The van der Waals surface area contributed by atoms with Crippen LogP contribution in [0.15, 0.2) is 53.3 Å². The van der Waals surface area contributed by atoms with Crippen molar-refractivity contribution in [2.45, 2.75) is 0 Å². The molecule has 0 fully saturated rings. The van der Waals surface area contributed by atoms with Crippen molar-refractivity contribution in [3.05, 3.63) is 62.5 Å². The normalized spacial score (nSPS) is 10.7. The molecule has 0 radical (unpaired) electrons. The Morgan fingerprint density at radius 1 is 1.10 bits per heavy atom. The second kappa shape index (κ2) is 5.28. The predicted octanol–water partition coefficient (Wildman–Crippen LogP) is 3.81. The van der Waals surface area contributed by atoms with Gasteiger partial charge in [0.1, 0.15) is 0 Å².